The van der Waals surface area contributed by atoms with Crippen LogP contribution in [0, 0.1) is 0 Å². The second-order valence-corrected chi connectivity index (χ2v) is 4.12. The highest BCUT2D eigenvalue weighted by molar-refractivity contribution is 7.09. The summed E-state index contributed by atoms with van der Waals surface area (Å²) in [4.78, 5) is 7.56. The van der Waals surface area contributed by atoms with E-state index in [4.69, 9.17) is 0 Å². The molecule has 12 heavy (non-hydrogen) atoms. The molecule has 1 aromatic rings. The van der Waals surface area contributed by atoms with E-state index in [-0.39, 0.29) is 6.10 Å². The molecular weight excluding hydrogens is 172 g/mol. The largest absolute Gasteiger partial charge is 0.392 e. The van der Waals surface area contributed by atoms with Gasteiger partial charge in [0.2, 0.25) is 0 Å². The Hall–Kier alpha value is -0.450. The molecule has 1 fully saturated rings. The third-order valence-corrected chi connectivity index (χ3v) is 2.87. The molecule has 4 heteroatoms. The van der Waals surface area contributed by atoms with Crippen LogP contribution in [-0.4, -0.2) is 34.2 Å². The molecular formula is C8H12N2OS. The van der Waals surface area contributed by atoms with Crippen LogP contribution in [0.2, 0.25) is 0 Å². The minimum Gasteiger partial charge on any atom is -0.392 e. The van der Waals surface area contributed by atoms with E-state index >= 15 is 0 Å². The molecule has 1 aromatic heterocycles. The fraction of sp³-hybridized carbons (Fsp3) is 0.625. The summed E-state index contributed by atoms with van der Waals surface area (Å²) in [7, 11) is 0. The van der Waals surface area contributed by atoms with Crippen molar-refractivity contribution in [2.75, 3.05) is 13.1 Å². The van der Waals surface area contributed by atoms with Gasteiger partial charge in [-0.15, -0.1) is 11.3 Å². The molecule has 1 atom stereocenters. The molecule has 66 valence electrons. The molecule has 0 unspecified atom stereocenters. The summed E-state index contributed by atoms with van der Waals surface area (Å²) >= 11 is 1.68. The lowest BCUT2D eigenvalue weighted by Gasteiger charge is -2.12. The van der Waals surface area contributed by atoms with Crippen LogP contribution in [0.1, 0.15) is 11.3 Å². The van der Waals surface area contributed by atoms with Gasteiger partial charge in [-0.25, -0.2) is 0 Å². The first kappa shape index (κ1) is 8.16. The van der Waals surface area contributed by atoms with Crippen molar-refractivity contribution in [1.29, 1.82) is 0 Å². The third kappa shape index (κ3) is 1.83. The average Bonchev–Trinajstić information content (AvgIpc) is 2.63. The monoisotopic (exact) mass is 184 g/mol. The van der Waals surface area contributed by atoms with E-state index in [1.807, 2.05) is 11.7 Å². The third-order valence-electron chi connectivity index (χ3n) is 2.11. The molecule has 3 nitrogen and oxygen atoms in total. The van der Waals surface area contributed by atoms with Gasteiger partial charge >= 0.3 is 0 Å². The van der Waals surface area contributed by atoms with Crippen LogP contribution in [0.25, 0.3) is 0 Å². The minimum atomic E-state index is -0.113. The average molecular weight is 184 g/mol. The van der Waals surface area contributed by atoms with Gasteiger partial charge in [0.15, 0.2) is 0 Å². The Morgan fingerprint density at radius 1 is 1.75 bits per heavy atom. The fourth-order valence-corrected chi connectivity index (χ4v) is 2.13. The van der Waals surface area contributed by atoms with Gasteiger partial charge in [-0.3, -0.25) is 9.88 Å². The molecule has 0 aromatic carbocycles. The predicted octanol–water partition coefficient (Wildman–Crippen LogP) is 0.710. The van der Waals surface area contributed by atoms with Gasteiger partial charge in [0.05, 0.1) is 11.6 Å². The topological polar surface area (TPSA) is 36.4 Å². The zero-order chi connectivity index (χ0) is 8.39. The van der Waals surface area contributed by atoms with E-state index in [0.717, 1.165) is 26.1 Å². The second-order valence-electron chi connectivity index (χ2n) is 3.15. The Labute approximate surface area is 75.7 Å². The number of rotatable bonds is 2. The standard InChI is InChI=1S/C8H12N2OS/c11-7-1-2-10(4-7)5-8-3-9-6-12-8/h3,6-7,11H,1-2,4-5H2/t7-/m1/s1. The highest BCUT2D eigenvalue weighted by Crippen LogP contribution is 2.15. The van der Waals surface area contributed by atoms with Crippen molar-refractivity contribution in [2.45, 2.75) is 19.1 Å². The van der Waals surface area contributed by atoms with Gasteiger partial charge in [0, 0.05) is 30.7 Å². The van der Waals surface area contributed by atoms with E-state index in [0.29, 0.717) is 0 Å². The first-order valence-corrected chi connectivity index (χ1v) is 5.00. The van der Waals surface area contributed by atoms with E-state index in [2.05, 4.69) is 9.88 Å². The summed E-state index contributed by atoms with van der Waals surface area (Å²) in [5.41, 5.74) is 1.85. The van der Waals surface area contributed by atoms with Crippen LogP contribution in [0.3, 0.4) is 0 Å². The maximum atomic E-state index is 9.27. The van der Waals surface area contributed by atoms with Crippen molar-refractivity contribution < 1.29 is 5.11 Å². The Balaban J connectivity index is 1.88. The van der Waals surface area contributed by atoms with Gasteiger partial charge in [0.1, 0.15) is 0 Å². The van der Waals surface area contributed by atoms with Gasteiger partial charge in [-0.1, -0.05) is 0 Å². The maximum absolute atomic E-state index is 9.27. The molecule has 0 bridgehead atoms. The lowest BCUT2D eigenvalue weighted by Crippen LogP contribution is -2.20. The Morgan fingerprint density at radius 2 is 2.67 bits per heavy atom. The van der Waals surface area contributed by atoms with Crippen LogP contribution in [-0.2, 0) is 6.54 Å². The number of aromatic nitrogens is 1. The van der Waals surface area contributed by atoms with Crippen LogP contribution in [0.5, 0.6) is 0 Å². The molecule has 1 aliphatic rings. The number of hydrogen-bond donors (Lipinski definition) is 1. The smallest absolute Gasteiger partial charge is 0.0794 e. The van der Waals surface area contributed by atoms with E-state index in [1.54, 1.807) is 11.3 Å². The van der Waals surface area contributed by atoms with Crippen molar-refractivity contribution in [3.63, 3.8) is 0 Å². The summed E-state index contributed by atoms with van der Waals surface area (Å²) in [6.07, 6.45) is 2.70. The number of nitrogens with zero attached hydrogens (tertiary/aromatic N) is 2. The summed E-state index contributed by atoms with van der Waals surface area (Å²) in [5, 5.41) is 9.27. The van der Waals surface area contributed by atoms with Crippen LogP contribution in [0.4, 0.5) is 0 Å². The van der Waals surface area contributed by atoms with Crippen molar-refractivity contribution in [3.8, 4) is 0 Å². The molecule has 0 amide bonds. The second kappa shape index (κ2) is 3.51. The van der Waals surface area contributed by atoms with E-state index in [1.165, 1.54) is 4.88 Å². The number of aliphatic hydroxyl groups is 1. The molecule has 0 radical (unpaired) electrons. The fourth-order valence-electron chi connectivity index (χ4n) is 1.50. The molecule has 1 saturated heterocycles. The molecule has 2 heterocycles. The lowest BCUT2D eigenvalue weighted by atomic mass is 10.3. The van der Waals surface area contributed by atoms with Gasteiger partial charge in [0.25, 0.3) is 0 Å². The maximum Gasteiger partial charge on any atom is 0.0794 e. The molecule has 0 aliphatic carbocycles. The summed E-state index contributed by atoms with van der Waals surface area (Å²) in [5.74, 6) is 0. The number of thiazole rings is 1. The molecule has 1 aliphatic heterocycles. The zero-order valence-corrected chi connectivity index (χ0v) is 7.63. The van der Waals surface area contributed by atoms with Crippen molar-refractivity contribution in [1.82, 2.24) is 9.88 Å². The first-order valence-electron chi connectivity index (χ1n) is 4.12. The van der Waals surface area contributed by atoms with Crippen molar-refractivity contribution in [2.24, 2.45) is 0 Å². The van der Waals surface area contributed by atoms with Gasteiger partial charge in [-0.2, -0.15) is 0 Å². The van der Waals surface area contributed by atoms with Crippen LogP contribution >= 0.6 is 11.3 Å². The predicted molar refractivity (Wildman–Crippen MR) is 48.0 cm³/mol. The Morgan fingerprint density at radius 3 is 3.25 bits per heavy atom. The van der Waals surface area contributed by atoms with Crippen molar-refractivity contribution in [3.05, 3.63) is 16.6 Å². The van der Waals surface area contributed by atoms with Crippen molar-refractivity contribution >= 4 is 11.3 Å². The minimum absolute atomic E-state index is 0.113. The number of aliphatic hydroxyl groups excluding tert-OH is 1. The van der Waals surface area contributed by atoms with Gasteiger partial charge in [-0.05, 0) is 6.42 Å². The summed E-state index contributed by atoms with van der Waals surface area (Å²) in [6, 6.07) is 0. The van der Waals surface area contributed by atoms with Gasteiger partial charge < -0.3 is 5.11 Å². The van der Waals surface area contributed by atoms with E-state index in [9.17, 15) is 5.11 Å². The number of likely N-dealkylation sites (tertiary alicyclic amines) is 1. The Bertz CT molecular complexity index is 237. The molecule has 2 rings (SSSR count). The lowest BCUT2D eigenvalue weighted by molar-refractivity contribution is 0.175. The highest BCUT2D eigenvalue weighted by Gasteiger charge is 2.19. The first-order chi connectivity index (χ1) is 5.84. The molecule has 1 N–H and O–H groups in total. The van der Waals surface area contributed by atoms with Crippen LogP contribution in [0.15, 0.2) is 11.7 Å². The zero-order valence-electron chi connectivity index (χ0n) is 6.81. The number of β-amino-alcohol motifs (C(OH)–C–C–N with tert-alkyl or cyclic N) is 1. The Kier molecular flexibility index (Phi) is 2.39. The quantitative estimate of drug-likeness (QED) is 0.735. The number of hydrogen-bond acceptors (Lipinski definition) is 4. The highest BCUT2D eigenvalue weighted by atomic mass is 32.1. The molecule has 0 saturated carbocycles. The SMILES string of the molecule is O[C@@H]1CCN(Cc2cncs2)C1. The van der Waals surface area contributed by atoms with E-state index < -0.39 is 0 Å². The molecule has 0 spiro atoms. The summed E-state index contributed by atoms with van der Waals surface area (Å²) < 4.78 is 0. The summed E-state index contributed by atoms with van der Waals surface area (Å²) in [6.45, 7) is 2.78. The van der Waals surface area contributed by atoms with Crippen LogP contribution < -0.4 is 0 Å². The normalized spacial score (nSPS) is 24.9.